The highest BCUT2D eigenvalue weighted by atomic mass is 35.5. The van der Waals surface area contributed by atoms with Crippen molar-refractivity contribution in [2.24, 2.45) is 5.73 Å². The number of thioether (sulfide) groups is 1. The van der Waals surface area contributed by atoms with Crippen molar-refractivity contribution in [3.63, 3.8) is 0 Å². The standard InChI is InChI=1S/C13H19ClN2OS/c1-9(2)16-13(3,12(15)17)8-18-11-6-4-5-10(14)7-11/h4-7,9,16H,8H2,1-3H3,(H2,15,17). The highest BCUT2D eigenvalue weighted by Crippen LogP contribution is 2.25. The molecular formula is C13H19ClN2OS. The highest BCUT2D eigenvalue weighted by molar-refractivity contribution is 7.99. The Balaban J connectivity index is 2.71. The Bertz CT molecular complexity index is 425. The minimum Gasteiger partial charge on any atom is -0.368 e. The fraction of sp³-hybridized carbons (Fsp3) is 0.462. The van der Waals surface area contributed by atoms with Gasteiger partial charge in [0.15, 0.2) is 0 Å². The zero-order valence-electron chi connectivity index (χ0n) is 10.9. The lowest BCUT2D eigenvalue weighted by Gasteiger charge is -2.29. The minimum absolute atomic E-state index is 0.197. The second kappa shape index (κ2) is 6.45. The second-order valence-corrected chi connectivity index (χ2v) is 6.23. The maximum atomic E-state index is 11.6. The molecule has 0 heterocycles. The molecule has 1 unspecified atom stereocenters. The van der Waals surface area contributed by atoms with Crippen molar-refractivity contribution in [1.82, 2.24) is 5.32 Å². The van der Waals surface area contributed by atoms with Crippen LogP contribution < -0.4 is 11.1 Å². The summed E-state index contributed by atoms with van der Waals surface area (Å²) < 4.78 is 0. The number of hydrogen-bond donors (Lipinski definition) is 2. The first-order chi connectivity index (χ1) is 8.33. The zero-order valence-corrected chi connectivity index (χ0v) is 12.4. The average Bonchev–Trinajstić information content (AvgIpc) is 2.25. The lowest BCUT2D eigenvalue weighted by Crippen LogP contribution is -2.57. The molecule has 1 rings (SSSR count). The molecule has 1 atom stereocenters. The van der Waals surface area contributed by atoms with E-state index in [0.29, 0.717) is 10.8 Å². The molecule has 1 aromatic carbocycles. The molecule has 0 saturated heterocycles. The summed E-state index contributed by atoms with van der Waals surface area (Å²) in [6, 6.07) is 7.76. The Hall–Kier alpha value is -0.710. The molecule has 0 aromatic heterocycles. The van der Waals surface area contributed by atoms with E-state index >= 15 is 0 Å². The third-order valence-electron chi connectivity index (χ3n) is 2.47. The van der Waals surface area contributed by atoms with Gasteiger partial charge in [-0.05, 0) is 39.0 Å². The van der Waals surface area contributed by atoms with Crippen molar-refractivity contribution < 1.29 is 4.79 Å². The van der Waals surface area contributed by atoms with Gasteiger partial charge in [-0.1, -0.05) is 17.7 Å². The predicted octanol–water partition coefficient (Wildman–Crippen LogP) is 2.67. The number of halogens is 1. The topological polar surface area (TPSA) is 55.1 Å². The van der Waals surface area contributed by atoms with Crippen LogP contribution in [0, 0.1) is 0 Å². The van der Waals surface area contributed by atoms with Crippen LogP contribution in [0.15, 0.2) is 29.2 Å². The molecule has 3 N–H and O–H groups in total. The van der Waals surface area contributed by atoms with Gasteiger partial charge in [0, 0.05) is 21.7 Å². The average molecular weight is 287 g/mol. The van der Waals surface area contributed by atoms with E-state index in [1.54, 1.807) is 11.8 Å². The number of hydrogen-bond acceptors (Lipinski definition) is 3. The monoisotopic (exact) mass is 286 g/mol. The van der Waals surface area contributed by atoms with E-state index in [4.69, 9.17) is 17.3 Å². The zero-order chi connectivity index (χ0) is 13.8. The van der Waals surface area contributed by atoms with Gasteiger partial charge in [0.2, 0.25) is 5.91 Å². The van der Waals surface area contributed by atoms with E-state index < -0.39 is 5.54 Å². The van der Waals surface area contributed by atoms with Gasteiger partial charge in [0.1, 0.15) is 5.54 Å². The second-order valence-electron chi connectivity index (χ2n) is 4.74. The number of nitrogens with two attached hydrogens (primary N) is 1. The van der Waals surface area contributed by atoms with E-state index in [1.807, 2.05) is 45.0 Å². The minimum atomic E-state index is -0.721. The van der Waals surface area contributed by atoms with Crippen LogP contribution in [0.4, 0.5) is 0 Å². The number of amides is 1. The molecule has 0 spiro atoms. The summed E-state index contributed by atoms with van der Waals surface area (Å²) in [5.74, 6) is 0.228. The smallest absolute Gasteiger partial charge is 0.238 e. The van der Waals surface area contributed by atoms with Gasteiger partial charge in [-0.3, -0.25) is 4.79 Å². The third kappa shape index (κ3) is 4.52. The lowest BCUT2D eigenvalue weighted by atomic mass is 10.0. The van der Waals surface area contributed by atoms with Gasteiger partial charge in [-0.25, -0.2) is 0 Å². The van der Waals surface area contributed by atoms with Crippen molar-refractivity contribution in [2.75, 3.05) is 5.75 Å². The lowest BCUT2D eigenvalue weighted by molar-refractivity contribution is -0.123. The number of carbonyl (C=O) groups excluding carboxylic acids is 1. The number of carbonyl (C=O) groups is 1. The van der Waals surface area contributed by atoms with Crippen LogP contribution >= 0.6 is 23.4 Å². The molecule has 0 bridgehead atoms. The van der Waals surface area contributed by atoms with Crippen LogP contribution in [0.25, 0.3) is 0 Å². The fourth-order valence-corrected chi connectivity index (χ4v) is 2.93. The molecule has 18 heavy (non-hydrogen) atoms. The van der Waals surface area contributed by atoms with E-state index in [-0.39, 0.29) is 11.9 Å². The van der Waals surface area contributed by atoms with Crippen LogP contribution in [-0.2, 0) is 4.79 Å². The largest absolute Gasteiger partial charge is 0.368 e. The summed E-state index contributed by atoms with van der Waals surface area (Å²) in [5.41, 5.74) is 4.75. The number of nitrogens with one attached hydrogen (secondary N) is 1. The first-order valence-electron chi connectivity index (χ1n) is 5.79. The maximum absolute atomic E-state index is 11.6. The van der Waals surface area contributed by atoms with Crippen molar-refractivity contribution in [3.8, 4) is 0 Å². The summed E-state index contributed by atoms with van der Waals surface area (Å²) in [7, 11) is 0. The molecule has 3 nitrogen and oxygen atoms in total. The first-order valence-corrected chi connectivity index (χ1v) is 7.16. The van der Waals surface area contributed by atoms with Crippen LogP contribution in [0.3, 0.4) is 0 Å². The summed E-state index contributed by atoms with van der Waals surface area (Å²) in [4.78, 5) is 12.6. The fourth-order valence-electron chi connectivity index (χ4n) is 1.61. The summed E-state index contributed by atoms with van der Waals surface area (Å²) in [5, 5.41) is 3.90. The van der Waals surface area contributed by atoms with Crippen molar-refractivity contribution in [3.05, 3.63) is 29.3 Å². The highest BCUT2D eigenvalue weighted by Gasteiger charge is 2.31. The first kappa shape index (κ1) is 15.3. The molecule has 1 aromatic rings. The Morgan fingerprint density at radius 1 is 1.56 bits per heavy atom. The van der Waals surface area contributed by atoms with Gasteiger partial charge < -0.3 is 11.1 Å². The maximum Gasteiger partial charge on any atom is 0.238 e. The SMILES string of the molecule is CC(C)NC(C)(CSc1cccc(Cl)c1)C(N)=O. The van der Waals surface area contributed by atoms with Crippen LogP contribution in [0.2, 0.25) is 5.02 Å². The third-order valence-corrected chi connectivity index (χ3v) is 4.02. The van der Waals surface area contributed by atoms with Gasteiger partial charge in [0.25, 0.3) is 0 Å². The van der Waals surface area contributed by atoms with Gasteiger partial charge in [-0.2, -0.15) is 0 Å². The Morgan fingerprint density at radius 3 is 2.72 bits per heavy atom. The number of primary amides is 1. The van der Waals surface area contributed by atoms with Crippen LogP contribution in [0.5, 0.6) is 0 Å². The van der Waals surface area contributed by atoms with Crippen molar-refractivity contribution in [1.29, 1.82) is 0 Å². The van der Waals surface area contributed by atoms with Gasteiger partial charge >= 0.3 is 0 Å². The van der Waals surface area contributed by atoms with E-state index in [0.717, 1.165) is 4.90 Å². The summed E-state index contributed by atoms with van der Waals surface area (Å²) in [6.07, 6.45) is 0. The molecule has 100 valence electrons. The molecule has 1 amide bonds. The van der Waals surface area contributed by atoms with E-state index in [9.17, 15) is 4.79 Å². The van der Waals surface area contributed by atoms with Gasteiger partial charge in [0.05, 0.1) is 0 Å². The van der Waals surface area contributed by atoms with Crippen LogP contribution in [0.1, 0.15) is 20.8 Å². The molecule has 0 aliphatic carbocycles. The normalized spacial score (nSPS) is 14.5. The van der Waals surface area contributed by atoms with Crippen LogP contribution in [-0.4, -0.2) is 23.2 Å². The quantitative estimate of drug-likeness (QED) is 0.791. The Morgan fingerprint density at radius 2 is 2.22 bits per heavy atom. The number of rotatable bonds is 6. The van der Waals surface area contributed by atoms with Gasteiger partial charge in [-0.15, -0.1) is 11.8 Å². The predicted molar refractivity (Wildman–Crippen MR) is 78.0 cm³/mol. The Kier molecular flexibility index (Phi) is 5.50. The van der Waals surface area contributed by atoms with Crippen molar-refractivity contribution in [2.45, 2.75) is 37.2 Å². The van der Waals surface area contributed by atoms with E-state index in [2.05, 4.69) is 5.32 Å². The number of benzene rings is 1. The molecule has 5 heteroatoms. The summed E-state index contributed by atoms with van der Waals surface area (Å²) in [6.45, 7) is 5.81. The molecule has 0 aliphatic heterocycles. The molecule has 0 radical (unpaired) electrons. The van der Waals surface area contributed by atoms with E-state index in [1.165, 1.54) is 0 Å². The summed E-state index contributed by atoms with van der Waals surface area (Å²) >= 11 is 7.49. The molecule has 0 saturated carbocycles. The molecule has 0 aliphatic rings. The molecular weight excluding hydrogens is 268 g/mol. The Labute approximate surface area is 117 Å². The molecule has 0 fully saturated rings. The van der Waals surface area contributed by atoms with Crippen molar-refractivity contribution >= 4 is 29.3 Å².